The summed E-state index contributed by atoms with van der Waals surface area (Å²) in [5.41, 5.74) is 3.88. The second kappa shape index (κ2) is 5.63. The smallest absolute Gasteiger partial charge is 0.110 e. The Morgan fingerprint density at radius 2 is 2.44 bits per heavy atom. The van der Waals surface area contributed by atoms with Gasteiger partial charge in [0, 0.05) is 18.3 Å². The largest absolute Gasteiger partial charge is 0.496 e. The van der Waals surface area contributed by atoms with E-state index < -0.39 is 0 Å². The molecule has 0 aliphatic carbocycles. The van der Waals surface area contributed by atoms with Crippen LogP contribution in [-0.2, 0) is 11.2 Å². The Labute approximate surface area is 95.5 Å². The number of pyridine rings is 1. The van der Waals surface area contributed by atoms with Gasteiger partial charge in [0.05, 0.1) is 12.6 Å². The van der Waals surface area contributed by atoms with Crippen LogP contribution in [-0.4, -0.2) is 17.6 Å². The topological polar surface area (TPSA) is 60.2 Å². The summed E-state index contributed by atoms with van der Waals surface area (Å²) in [6.07, 6.45) is 6.70. The van der Waals surface area contributed by atoms with Crippen LogP contribution in [0.15, 0.2) is 36.2 Å². The minimum absolute atomic E-state index is 0.101. The number of hydrogen-bond donors (Lipinski definition) is 2. The van der Waals surface area contributed by atoms with E-state index in [0.29, 0.717) is 0 Å². The molecule has 1 unspecified atom stereocenters. The Kier molecular flexibility index (Phi) is 3.91. The minimum Gasteiger partial charge on any atom is -0.496 e. The molecule has 16 heavy (non-hydrogen) atoms. The first-order valence-electron chi connectivity index (χ1n) is 5.59. The van der Waals surface area contributed by atoms with Gasteiger partial charge in [-0.1, -0.05) is 6.07 Å². The maximum absolute atomic E-state index is 5.53. The summed E-state index contributed by atoms with van der Waals surface area (Å²) in [6, 6.07) is 6.05. The van der Waals surface area contributed by atoms with Crippen molar-refractivity contribution in [1.82, 2.24) is 10.4 Å². The molecule has 1 aliphatic heterocycles. The van der Waals surface area contributed by atoms with Crippen molar-refractivity contribution in [2.24, 2.45) is 5.84 Å². The number of hydrogen-bond acceptors (Lipinski definition) is 4. The van der Waals surface area contributed by atoms with E-state index in [1.54, 1.807) is 0 Å². The Bertz CT molecular complexity index is 351. The lowest BCUT2D eigenvalue weighted by molar-refractivity contribution is 0.212. The number of nitrogens with one attached hydrogen (secondary N) is 1. The van der Waals surface area contributed by atoms with Crippen LogP contribution >= 0.6 is 0 Å². The zero-order chi connectivity index (χ0) is 11.2. The predicted octanol–water partition coefficient (Wildman–Crippen LogP) is 1.15. The molecule has 4 heteroatoms. The highest BCUT2D eigenvalue weighted by atomic mass is 16.5. The van der Waals surface area contributed by atoms with E-state index in [9.17, 15) is 0 Å². The fourth-order valence-electron chi connectivity index (χ4n) is 1.83. The third-order valence-corrected chi connectivity index (χ3v) is 2.69. The van der Waals surface area contributed by atoms with Crippen molar-refractivity contribution >= 4 is 0 Å². The van der Waals surface area contributed by atoms with Crippen LogP contribution in [0, 0.1) is 0 Å². The zero-order valence-corrected chi connectivity index (χ0v) is 9.23. The summed E-state index contributed by atoms with van der Waals surface area (Å²) >= 11 is 0. The average Bonchev–Trinajstić information content (AvgIpc) is 2.85. The lowest BCUT2D eigenvalue weighted by Crippen LogP contribution is -2.37. The molecule has 0 radical (unpaired) electrons. The zero-order valence-electron chi connectivity index (χ0n) is 9.23. The predicted molar refractivity (Wildman–Crippen MR) is 62.3 cm³/mol. The number of aryl methyl sites for hydroxylation is 1. The van der Waals surface area contributed by atoms with Crippen LogP contribution in [0.4, 0.5) is 0 Å². The van der Waals surface area contributed by atoms with Gasteiger partial charge in [0.2, 0.25) is 0 Å². The van der Waals surface area contributed by atoms with Crippen LogP contribution in [0.5, 0.6) is 0 Å². The molecule has 4 nitrogen and oxygen atoms in total. The third kappa shape index (κ3) is 2.81. The fourth-order valence-corrected chi connectivity index (χ4v) is 1.83. The summed E-state index contributed by atoms with van der Waals surface area (Å²) in [4.78, 5) is 4.28. The van der Waals surface area contributed by atoms with E-state index in [1.165, 1.54) is 0 Å². The summed E-state index contributed by atoms with van der Waals surface area (Å²) < 4.78 is 5.49. The van der Waals surface area contributed by atoms with Crippen molar-refractivity contribution in [3.05, 3.63) is 41.9 Å². The van der Waals surface area contributed by atoms with Crippen LogP contribution in [0.3, 0.4) is 0 Å². The van der Waals surface area contributed by atoms with Gasteiger partial charge in [-0.15, -0.1) is 0 Å². The molecule has 3 N–H and O–H groups in total. The Morgan fingerprint density at radius 1 is 1.50 bits per heavy atom. The minimum atomic E-state index is 0.101. The molecule has 0 saturated heterocycles. The molecule has 0 spiro atoms. The second-order valence-corrected chi connectivity index (χ2v) is 3.82. The normalized spacial score (nSPS) is 16.7. The van der Waals surface area contributed by atoms with Gasteiger partial charge in [0.25, 0.3) is 0 Å². The molecule has 2 rings (SSSR count). The van der Waals surface area contributed by atoms with Crippen LogP contribution < -0.4 is 11.3 Å². The first-order valence-corrected chi connectivity index (χ1v) is 5.59. The van der Waals surface area contributed by atoms with Crippen molar-refractivity contribution in [3.63, 3.8) is 0 Å². The van der Waals surface area contributed by atoms with E-state index in [1.807, 2.05) is 24.4 Å². The molecule has 0 saturated carbocycles. The maximum atomic E-state index is 5.53. The van der Waals surface area contributed by atoms with E-state index in [-0.39, 0.29) is 6.04 Å². The second-order valence-electron chi connectivity index (χ2n) is 3.82. The van der Waals surface area contributed by atoms with E-state index >= 15 is 0 Å². The van der Waals surface area contributed by atoms with Crippen molar-refractivity contribution in [3.8, 4) is 0 Å². The van der Waals surface area contributed by atoms with E-state index in [2.05, 4.69) is 16.5 Å². The molecular weight excluding hydrogens is 202 g/mol. The molecule has 86 valence electrons. The summed E-state index contributed by atoms with van der Waals surface area (Å²) in [7, 11) is 0. The average molecular weight is 219 g/mol. The van der Waals surface area contributed by atoms with Crippen molar-refractivity contribution < 1.29 is 4.74 Å². The standard InChI is InChI=1S/C12H17N3O/c13-15-11(12-5-3-9-16-12)7-6-10-4-1-2-8-14-10/h1-2,4-5,8,11,15H,3,6-7,9,13H2. The molecule has 2 heterocycles. The summed E-state index contributed by atoms with van der Waals surface area (Å²) in [5.74, 6) is 6.50. The molecule has 0 bridgehead atoms. The first kappa shape index (κ1) is 11.1. The lowest BCUT2D eigenvalue weighted by atomic mass is 10.1. The highest BCUT2D eigenvalue weighted by Gasteiger charge is 2.17. The van der Waals surface area contributed by atoms with E-state index in [4.69, 9.17) is 10.6 Å². The van der Waals surface area contributed by atoms with Gasteiger partial charge in [0.15, 0.2) is 0 Å². The maximum Gasteiger partial charge on any atom is 0.110 e. The fraction of sp³-hybridized carbons (Fsp3) is 0.417. The van der Waals surface area contributed by atoms with Gasteiger partial charge >= 0.3 is 0 Å². The van der Waals surface area contributed by atoms with Crippen LogP contribution in [0.25, 0.3) is 0 Å². The van der Waals surface area contributed by atoms with Crippen molar-refractivity contribution in [1.29, 1.82) is 0 Å². The Morgan fingerprint density at radius 3 is 3.06 bits per heavy atom. The van der Waals surface area contributed by atoms with Gasteiger partial charge in [0.1, 0.15) is 5.76 Å². The molecule has 1 aromatic rings. The molecule has 1 atom stereocenters. The van der Waals surface area contributed by atoms with Crippen molar-refractivity contribution in [2.75, 3.05) is 6.61 Å². The summed E-state index contributed by atoms with van der Waals surface area (Å²) in [5, 5.41) is 0. The Hall–Kier alpha value is -1.39. The molecule has 0 aromatic carbocycles. The number of ether oxygens (including phenoxy) is 1. The molecule has 1 aliphatic rings. The highest BCUT2D eigenvalue weighted by molar-refractivity contribution is 5.09. The first-order chi connectivity index (χ1) is 7.90. The number of aromatic nitrogens is 1. The monoisotopic (exact) mass is 219 g/mol. The van der Waals surface area contributed by atoms with Gasteiger partial charge in [-0.05, 0) is 31.1 Å². The number of rotatable bonds is 5. The van der Waals surface area contributed by atoms with Gasteiger partial charge < -0.3 is 4.74 Å². The third-order valence-electron chi connectivity index (χ3n) is 2.69. The molecule has 0 amide bonds. The van der Waals surface area contributed by atoms with Crippen LogP contribution in [0.1, 0.15) is 18.5 Å². The molecular formula is C12H17N3O. The van der Waals surface area contributed by atoms with Gasteiger partial charge in [-0.3, -0.25) is 10.8 Å². The summed E-state index contributed by atoms with van der Waals surface area (Å²) in [6.45, 7) is 0.775. The lowest BCUT2D eigenvalue weighted by Gasteiger charge is -2.16. The number of nitrogens with two attached hydrogens (primary N) is 1. The quantitative estimate of drug-likeness (QED) is 0.576. The molecule has 0 fully saturated rings. The van der Waals surface area contributed by atoms with Gasteiger partial charge in [-0.2, -0.15) is 0 Å². The SMILES string of the molecule is NNC(CCc1ccccn1)C1=CCCO1. The van der Waals surface area contributed by atoms with E-state index in [0.717, 1.165) is 37.3 Å². The van der Waals surface area contributed by atoms with Gasteiger partial charge in [-0.25, -0.2) is 5.43 Å². The van der Waals surface area contributed by atoms with Crippen LogP contribution in [0.2, 0.25) is 0 Å². The Balaban J connectivity index is 1.88. The van der Waals surface area contributed by atoms with Crippen molar-refractivity contribution in [2.45, 2.75) is 25.3 Å². The number of hydrazine groups is 1. The number of nitrogens with zero attached hydrogens (tertiary/aromatic N) is 1. The highest BCUT2D eigenvalue weighted by Crippen LogP contribution is 2.16. The molecule has 1 aromatic heterocycles.